The fourth-order valence-electron chi connectivity index (χ4n) is 1.74. The molecule has 0 atom stereocenters. The molecule has 0 aliphatic carbocycles. The molecule has 0 bridgehead atoms. The molecule has 2 amide bonds. The molecule has 0 fully saturated rings. The number of carbonyl (C=O) groups is 2. The number of aromatic hydroxyl groups is 1. The fraction of sp³-hybridized carbons (Fsp3) is 0.467. The van der Waals surface area contributed by atoms with Crippen molar-refractivity contribution in [3.05, 3.63) is 17.7 Å². The van der Waals surface area contributed by atoms with Crippen molar-refractivity contribution in [2.75, 3.05) is 45.4 Å². The van der Waals surface area contributed by atoms with Gasteiger partial charge in [0.25, 0.3) is 5.91 Å². The third-order valence-corrected chi connectivity index (χ3v) is 2.75. The Bertz CT molecular complexity index is 550. The number of nitrogens with one attached hydrogen (secondary N) is 1. The first-order chi connectivity index (χ1) is 11.0. The summed E-state index contributed by atoms with van der Waals surface area (Å²) in [6.07, 6.45) is 0. The van der Waals surface area contributed by atoms with Gasteiger partial charge in [-0.25, -0.2) is 0 Å². The molecular formula is C15H25N3O6. The van der Waals surface area contributed by atoms with Crippen LogP contribution >= 0.6 is 0 Å². The summed E-state index contributed by atoms with van der Waals surface area (Å²) < 4.78 is 15.1. The number of benzene rings is 1. The zero-order valence-corrected chi connectivity index (χ0v) is 12.8. The molecule has 0 saturated carbocycles. The topological polar surface area (TPSA) is 146 Å². The van der Waals surface area contributed by atoms with Crippen LogP contribution in [0.4, 0.5) is 5.69 Å². The van der Waals surface area contributed by atoms with E-state index in [1.807, 2.05) is 0 Å². The van der Waals surface area contributed by atoms with Gasteiger partial charge in [0.2, 0.25) is 5.91 Å². The lowest BCUT2D eigenvalue weighted by molar-refractivity contribution is -0.121. The summed E-state index contributed by atoms with van der Waals surface area (Å²) in [5, 5.41) is 12.4. The van der Waals surface area contributed by atoms with Crippen molar-refractivity contribution in [1.29, 1.82) is 0 Å². The van der Waals surface area contributed by atoms with Gasteiger partial charge in [-0.3, -0.25) is 9.59 Å². The minimum absolute atomic E-state index is 0. The Labute approximate surface area is 140 Å². The Hall–Kier alpha value is -2.36. The third kappa shape index (κ3) is 6.41. The van der Waals surface area contributed by atoms with E-state index in [0.29, 0.717) is 19.8 Å². The van der Waals surface area contributed by atoms with Crippen molar-refractivity contribution in [3.63, 3.8) is 0 Å². The van der Waals surface area contributed by atoms with Crippen LogP contribution in [-0.4, -0.2) is 57.0 Å². The summed E-state index contributed by atoms with van der Waals surface area (Å²) >= 11 is 0. The van der Waals surface area contributed by atoms with E-state index >= 15 is 0 Å². The van der Waals surface area contributed by atoms with Gasteiger partial charge in [-0.05, 0) is 12.1 Å². The van der Waals surface area contributed by atoms with E-state index in [2.05, 4.69) is 5.32 Å². The van der Waals surface area contributed by atoms with Crippen molar-refractivity contribution in [2.24, 2.45) is 11.5 Å². The van der Waals surface area contributed by atoms with E-state index < -0.39 is 17.6 Å². The molecule has 0 heterocycles. The highest BCUT2D eigenvalue weighted by Gasteiger charge is 2.19. The van der Waals surface area contributed by atoms with Crippen LogP contribution < -0.4 is 21.5 Å². The van der Waals surface area contributed by atoms with Gasteiger partial charge in [-0.1, -0.05) is 7.43 Å². The van der Waals surface area contributed by atoms with E-state index in [1.54, 1.807) is 0 Å². The van der Waals surface area contributed by atoms with Crippen LogP contribution in [0.5, 0.6) is 11.5 Å². The number of carbonyl (C=O) groups excluding carboxylic acids is 2. The van der Waals surface area contributed by atoms with Crippen LogP contribution in [0.3, 0.4) is 0 Å². The van der Waals surface area contributed by atoms with Crippen LogP contribution in [0.25, 0.3) is 0 Å². The van der Waals surface area contributed by atoms with Gasteiger partial charge in [0.15, 0.2) is 5.75 Å². The zero-order valence-electron chi connectivity index (χ0n) is 12.8. The fourth-order valence-corrected chi connectivity index (χ4v) is 1.74. The molecule has 0 saturated heterocycles. The molecule has 1 aromatic rings. The molecule has 1 aromatic carbocycles. The molecule has 0 unspecified atom stereocenters. The van der Waals surface area contributed by atoms with Crippen molar-refractivity contribution in [1.82, 2.24) is 0 Å². The maximum absolute atomic E-state index is 11.7. The summed E-state index contributed by atoms with van der Waals surface area (Å²) in [4.78, 5) is 23.1. The Morgan fingerprint density at radius 3 is 2.46 bits per heavy atom. The predicted molar refractivity (Wildman–Crippen MR) is 89.2 cm³/mol. The third-order valence-electron chi connectivity index (χ3n) is 2.75. The first-order valence-electron chi connectivity index (χ1n) is 6.86. The molecule has 9 heteroatoms. The smallest absolute Gasteiger partial charge is 0.256 e. The number of methoxy groups -OCH3 is 1. The molecule has 0 aliphatic rings. The average molecular weight is 343 g/mol. The van der Waals surface area contributed by atoms with Gasteiger partial charge in [-0.15, -0.1) is 0 Å². The second-order valence-corrected chi connectivity index (χ2v) is 4.41. The van der Waals surface area contributed by atoms with E-state index in [0.717, 1.165) is 0 Å². The second-order valence-electron chi connectivity index (χ2n) is 4.41. The van der Waals surface area contributed by atoms with Crippen molar-refractivity contribution < 1.29 is 28.9 Å². The predicted octanol–water partition coefficient (Wildman–Crippen LogP) is 0.0662. The van der Waals surface area contributed by atoms with E-state index in [4.69, 9.17) is 25.7 Å². The Morgan fingerprint density at radius 1 is 1.21 bits per heavy atom. The Balaban J connectivity index is 0.00000529. The van der Waals surface area contributed by atoms with Crippen LogP contribution in [0.15, 0.2) is 12.1 Å². The number of hydrogen-bond donors (Lipinski definition) is 4. The molecule has 24 heavy (non-hydrogen) atoms. The number of amides is 2. The van der Waals surface area contributed by atoms with Gasteiger partial charge in [-0.2, -0.15) is 0 Å². The van der Waals surface area contributed by atoms with E-state index in [-0.39, 0.29) is 37.6 Å². The molecule has 0 aromatic heterocycles. The van der Waals surface area contributed by atoms with Gasteiger partial charge in [0.1, 0.15) is 17.9 Å². The number of primary amides is 1. The van der Waals surface area contributed by atoms with E-state index in [1.165, 1.54) is 19.2 Å². The molecule has 6 N–H and O–H groups in total. The largest absolute Gasteiger partial charge is 0.505 e. The highest BCUT2D eigenvalue weighted by Crippen LogP contribution is 2.34. The van der Waals surface area contributed by atoms with Crippen LogP contribution in [-0.2, 0) is 14.3 Å². The zero-order chi connectivity index (χ0) is 17.2. The average Bonchev–Trinajstić information content (AvgIpc) is 2.52. The quantitative estimate of drug-likeness (QED) is 0.347. The molecule has 0 radical (unpaired) electrons. The lowest BCUT2D eigenvalue weighted by Crippen LogP contribution is -2.21. The number of phenols is 1. The summed E-state index contributed by atoms with van der Waals surface area (Å²) in [7, 11) is 1.33. The molecule has 1 rings (SSSR count). The summed E-state index contributed by atoms with van der Waals surface area (Å²) in [6, 6.07) is 2.81. The van der Waals surface area contributed by atoms with Crippen LogP contribution in [0, 0.1) is 0 Å². The summed E-state index contributed by atoms with van der Waals surface area (Å²) in [5.74, 6) is -1.72. The lowest BCUT2D eigenvalue weighted by atomic mass is 10.1. The Morgan fingerprint density at radius 2 is 1.88 bits per heavy atom. The first-order valence-corrected chi connectivity index (χ1v) is 6.86. The molecule has 136 valence electrons. The monoisotopic (exact) mass is 343 g/mol. The summed E-state index contributed by atoms with van der Waals surface area (Å²) in [6.45, 7) is 1.16. The van der Waals surface area contributed by atoms with Gasteiger partial charge >= 0.3 is 0 Å². The minimum Gasteiger partial charge on any atom is -0.505 e. The molecule has 0 spiro atoms. The van der Waals surface area contributed by atoms with Crippen molar-refractivity contribution >= 4 is 17.5 Å². The Kier molecular flexibility index (Phi) is 10.1. The highest BCUT2D eigenvalue weighted by molar-refractivity contribution is 6.02. The van der Waals surface area contributed by atoms with Crippen molar-refractivity contribution in [2.45, 2.75) is 7.43 Å². The van der Waals surface area contributed by atoms with Gasteiger partial charge in [0.05, 0.1) is 32.6 Å². The van der Waals surface area contributed by atoms with E-state index in [9.17, 15) is 14.7 Å². The second kappa shape index (κ2) is 11.2. The maximum atomic E-state index is 11.7. The number of ether oxygens (including phenoxy) is 3. The van der Waals surface area contributed by atoms with Crippen molar-refractivity contribution in [3.8, 4) is 11.5 Å². The number of nitrogens with two attached hydrogens (primary N) is 2. The highest BCUT2D eigenvalue weighted by atomic mass is 16.5. The number of rotatable bonds is 10. The molecule has 9 nitrogen and oxygen atoms in total. The minimum atomic E-state index is -0.872. The maximum Gasteiger partial charge on any atom is 0.256 e. The van der Waals surface area contributed by atoms with Crippen LogP contribution in [0.2, 0.25) is 0 Å². The molecular weight excluding hydrogens is 318 g/mol. The summed E-state index contributed by atoms with van der Waals surface area (Å²) in [5.41, 5.74) is 10.3. The number of anilines is 1. The number of hydrogen-bond acceptors (Lipinski definition) is 7. The normalized spacial score (nSPS) is 9.92. The van der Waals surface area contributed by atoms with Crippen LogP contribution in [0.1, 0.15) is 17.8 Å². The standard InChI is InChI=1S/C14H21N3O6.CH4/c1-21-10-3-2-9(13(19)12(10)14(16)20)17-11(18)8-23-7-6-22-5-4-15;/h2-3,19H,4-8,15H2,1H3,(H2,16,20)(H,17,18);1H4. The first kappa shape index (κ1) is 21.6. The lowest BCUT2D eigenvalue weighted by Gasteiger charge is -2.12. The van der Waals surface area contributed by atoms with Gasteiger partial charge in [0, 0.05) is 6.54 Å². The van der Waals surface area contributed by atoms with Gasteiger partial charge < -0.3 is 36.1 Å². The molecule has 0 aliphatic heterocycles. The SMILES string of the molecule is C.COc1ccc(NC(=O)COCCOCCN)c(O)c1C(N)=O.